The quantitative estimate of drug-likeness (QED) is 0.422. The molecule has 0 spiro atoms. The SMILES string of the molecule is CCNC(=O)C(CC)N(Cc1ccc(F)cc1)C(=O)CN(c1ccccc1)S(=O)(=O)c1ccccc1. The molecule has 190 valence electrons. The van der Waals surface area contributed by atoms with Crippen LogP contribution >= 0.6 is 0 Å². The Morgan fingerprint density at radius 2 is 1.47 bits per heavy atom. The summed E-state index contributed by atoms with van der Waals surface area (Å²) in [6.07, 6.45) is 0.315. The fourth-order valence-electron chi connectivity index (χ4n) is 3.84. The van der Waals surface area contributed by atoms with Crippen LogP contribution in [0.2, 0.25) is 0 Å². The van der Waals surface area contributed by atoms with Crippen LogP contribution in [0, 0.1) is 5.82 Å². The number of carbonyl (C=O) groups is 2. The van der Waals surface area contributed by atoms with E-state index in [0.717, 1.165) is 4.31 Å². The second kappa shape index (κ2) is 12.3. The van der Waals surface area contributed by atoms with Crippen molar-refractivity contribution in [1.29, 1.82) is 0 Å². The van der Waals surface area contributed by atoms with E-state index >= 15 is 0 Å². The number of anilines is 1. The normalized spacial score (nSPS) is 12.0. The monoisotopic (exact) mass is 511 g/mol. The lowest BCUT2D eigenvalue weighted by molar-refractivity contribution is -0.140. The summed E-state index contributed by atoms with van der Waals surface area (Å²) in [5.74, 6) is -1.31. The van der Waals surface area contributed by atoms with Crippen molar-refractivity contribution in [3.63, 3.8) is 0 Å². The van der Waals surface area contributed by atoms with E-state index in [1.807, 2.05) is 0 Å². The minimum atomic E-state index is -4.09. The highest BCUT2D eigenvalue weighted by Crippen LogP contribution is 2.24. The van der Waals surface area contributed by atoms with Gasteiger partial charge in [-0.15, -0.1) is 0 Å². The maximum atomic E-state index is 13.8. The number of amides is 2. The van der Waals surface area contributed by atoms with Crippen LogP contribution in [0.4, 0.5) is 10.1 Å². The van der Waals surface area contributed by atoms with E-state index in [1.165, 1.54) is 41.3 Å². The van der Waals surface area contributed by atoms with Gasteiger partial charge in [-0.1, -0.05) is 55.5 Å². The Labute approximate surface area is 211 Å². The molecule has 3 aromatic carbocycles. The van der Waals surface area contributed by atoms with Crippen molar-refractivity contribution in [1.82, 2.24) is 10.2 Å². The summed E-state index contributed by atoms with van der Waals surface area (Å²) in [4.78, 5) is 28.0. The molecule has 7 nitrogen and oxygen atoms in total. The van der Waals surface area contributed by atoms with Gasteiger partial charge in [0.15, 0.2) is 0 Å². The van der Waals surface area contributed by atoms with E-state index in [4.69, 9.17) is 0 Å². The van der Waals surface area contributed by atoms with Crippen LogP contribution in [0.25, 0.3) is 0 Å². The molecule has 0 bridgehead atoms. The molecule has 0 saturated carbocycles. The van der Waals surface area contributed by atoms with Gasteiger partial charge in [-0.05, 0) is 55.3 Å². The van der Waals surface area contributed by atoms with Gasteiger partial charge in [0.1, 0.15) is 18.4 Å². The number of nitrogens with zero attached hydrogens (tertiary/aromatic N) is 2. The molecule has 0 aliphatic rings. The molecule has 0 aliphatic heterocycles. The highest BCUT2D eigenvalue weighted by Gasteiger charge is 2.33. The molecule has 3 rings (SSSR count). The zero-order chi connectivity index (χ0) is 26.1. The van der Waals surface area contributed by atoms with Gasteiger partial charge in [0.05, 0.1) is 10.6 Å². The molecular weight excluding hydrogens is 481 g/mol. The van der Waals surface area contributed by atoms with Crippen molar-refractivity contribution >= 4 is 27.5 Å². The number of hydrogen-bond acceptors (Lipinski definition) is 4. The Hall–Kier alpha value is -3.72. The first kappa shape index (κ1) is 26.9. The molecule has 36 heavy (non-hydrogen) atoms. The lowest BCUT2D eigenvalue weighted by atomic mass is 10.1. The third-order valence-corrected chi connectivity index (χ3v) is 7.45. The first-order valence-electron chi connectivity index (χ1n) is 11.7. The molecule has 9 heteroatoms. The van der Waals surface area contributed by atoms with E-state index in [2.05, 4.69) is 5.32 Å². The minimum absolute atomic E-state index is 0.0166. The Kier molecular flexibility index (Phi) is 9.19. The number of nitrogens with one attached hydrogen (secondary N) is 1. The van der Waals surface area contributed by atoms with Gasteiger partial charge in [0.2, 0.25) is 11.8 Å². The summed E-state index contributed by atoms with van der Waals surface area (Å²) in [5.41, 5.74) is 0.937. The molecule has 0 saturated heterocycles. The van der Waals surface area contributed by atoms with Crippen LogP contribution in [-0.2, 0) is 26.2 Å². The number of carbonyl (C=O) groups excluding carboxylic acids is 2. The average molecular weight is 512 g/mol. The summed E-state index contributed by atoms with van der Waals surface area (Å²) < 4.78 is 41.7. The minimum Gasteiger partial charge on any atom is -0.355 e. The summed E-state index contributed by atoms with van der Waals surface area (Å²) in [6, 6.07) is 21.0. The largest absolute Gasteiger partial charge is 0.355 e. The molecule has 2 amide bonds. The van der Waals surface area contributed by atoms with Crippen molar-refractivity contribution in [2.75, 3.05) is 17.4 Å². The zero-order valence-electron chi connectivity index (χ0n) is 20.3. The molecule has 1 atom stereocenters. The molecule has 0 aromatic heterocycles. The third kappa shape index (κ3) is 6.48. The van der Waals surface area contributed by atoms with Crippen molar-refractivity contribution in [2.24, 2.45) is 0 Å². The van der Waals surface area contributed by atoms with Gasteiger partial charge in [0, 0.05) is 13.1 Å². The first-order chi connectivity index (χ1) is 17.3. The van der Waals surface area contributed by atoms with Crippen LogP contribution < -0.4 is 9.62 Å². The highest BCUT2D eigenvalue weighted by molar-refractivity contribution is 7.92. The third-order valence-electron chi connectivity index (χ3n) is 5.66. The maximum absolute atomic E-state index is 13.8. The second-order valence-corrected chi connectivity index (χ2v) is 9.99. The Morgan fingerprint density at radius 3 is 2.03 bits per heavy atom. The number of benzene rings is 3. The molecule has 0 fully saturated rings. The van der Waals surface area contributed by atoms with E-state index < -0.39 is 34.3 Å². The second-order valence-electron chi connectivity index (χ2n) is 8.13. The number of para-hydroxylation sites is 1. The fraction of sp³-hybridized carbons (Fsp3) is 0.259. The van der Waals surface area contributed by atoms with Gasteiger partial charge in [-0.2, -0.15) is 0 Å². The lowest BCUT2D eigenvalue weighted by Gasteiger charge is -2.33. The summed E-state index contributed by atoms with van der Waals surface area (Å²) in [7, 11) is -4.09. The Morgan fingerprint density at radius 1 is 0.889 bits per heavy atom. The van der Waals surface area contributed by atoms with Crippen molar-refractivity contribution in [3.05, 3.63) is 96.3 Å². The zero-order valence-corrected chi connectivity index (χ0v) is 21.1. The van der Waals surface area contributed by atoms with Crippen LogP contribution in [0.15, 0.2) is 89.8 Å². The topological polar surface area (TPSA) is 86.8 Å². The molecular formula is C27H30FN3O4S. The molecule has 1 N–H and O–H groups in total. The van der Waals surface area contributed by atoms with Crippen molar-refractivity contribution in [2.45, 2.75) is 37.8 Å². The molecule has 0 radical (unpaired) electrons. The van der Waals surface area contributed by atoms with Gasteiger partial charge >= 0.3 is 0 Å². The lowest BCUT2D eigenvalue weighted by Crippen LogP contribution is -2.52. The highest BCUT2D eigenvalue weighted by atomic mass is 32.2. The number of likely N-dealkylation sites (N-methyl/N-ethyl adjacent to an activating group) is 1. The number of hydrogen-bond donors (Lipinski definition) is 1. The number of rotatable bonds is 11. The predicted octanol–water partition coefficient (Wildman–Crippen LogP) is 3.96. The molecule has 1 unspecified atom stereocenters. The smallest absolute Gasteiger partial charge is 0.264 e. The predicted molar refractivity (Wildman–Crippen MR) is 137 cm³/mol. The number of sulfonamides is 1. The van der Waals surface area contributed by atoms with Gasteiger partial charge in [-0.3, -0.25) is 13.9 Å². The van der Waals surface area contributed by atoms with Gasteiger partial charge in [0.25, 0.3) is 10.0 Å². The van der Waals surface area contributed by atoms with Crippen molar-refractivity contribution in [3.8, 4) is 0 Å². The van der Waals surface area contributed by atoms with Crippen LogP contribution in [0.5, 0.6) is 0 Å². The number of halogens is 1. The fourth-order valence-corrected chi connectivity index (χ4v) is 5.28. The van der Waals surface area contributed by atoms with Gasteiger partial charge in [-0.25, -0.2) is 12.8 Å². The van der Waals surface area contributed by atoms with Crippen molar-refractivity contribution < 1.29 is 22.4 Å². The van der Waals surface area contributed by atoms with Crippen LogP contribution in [-0.4, -0.2) is 44.3 Å². The summed E-state index contributed by atoms with van der Waals surface area (Å²) >= 11 is 0. The van der Waals surface area contributed by atoms with E-state index in [-0.39, 0.29) is 17.3 Å². The Bertz CT molecular complexity index is 1250. The average Bonchev–Trinajstić information content (AvgIpc) is 2.89. The van der Waals surface area contributed by atoms with Crippen LogP contribution in [0.3, 0.4) is 0 Å². The molecule has 0 heterocycles. The van der Waals surface area contributed by atoms with Crippen LogP contribution in [0.1, 0.15) is 25.8 Å². The Balaban J connectivity index is 2.01. The van der Waals surface area contributed by atoms with Gasteiger partial charge < -0.3 is 10.2 Å². The summed E-state index contributed by atoms with van der Waals surface area (Å²) in [6.45, 7) is 3.44. The molecule has 0 aliphatic carbocycles. The van der Waals surface area contributed by atoms with E-state index in [9.17, 15) is 22.4 Å². The van der Waals surface area contributed by atoms with E-state index in [0.29, 0.717) is 24.2 Å². The summed E-state index contributed by atoms with van der Waals surface area (Å²) in [5, 5.41) is 2.74. The molecule has 3 aromatic rings. The maximum Gasteiger partial charge on any atom is 0.264 e. The van der Waals surface area contributed by atoms with E-state index in [1.54, 1.807) is 62.4 Å². The standard InChI is InChI=1S/C27H30FN3O4S/c1-3-25(27(33)29-4-2)30(19-21-15-17-22(28)18-16-21)26(32)20-31(23-11-7-5-8-12-23)36(34,35)24-13-9-6-10-14-24/h5-18,25H,3-4,19-20H2,1-2H3,(H,29,33). The first-order valence-corrected chi connectivity index (χ1v) is 13.2.